The Morgan fingerprint density at radius 3 is 2.35 bits per heavy atom. The molecule has 0 saturated heterocycles. The molecule has 20 heavy (non-hydrogen) atoms. The molecule has 0 spiro atoms. The summed E-state index contributed by atoms with van der Waals surface area (Å²) in [5, 5.41) is 10.0. The van der Waals surface area contributed by atoms with Crippen LogP contribution in [0.1, 0.15) is 57.6 Å². The molecule has 1 atom stereocenters. The molecule has 2 heteroatoms. The van der Waals surface area contributed by atoms with E-state index in [0.717, 1.165) is 19.3 Å². The molecule has 2 rings (SSSR count). The molecule has 1 aromatic rings. The molecule has 0 aromatic heterocycles. The van der Waals surface area contributed by atoms with Gasteiger partial charge in [-0.1, -0.05) is 52.0 Å². The van der Waals surface area contributed by atoms with Gasteiger partial charge in [0.15, 0.2) is 0 Å². The number of benzene rings is 1. The number of rotatable bonds is 4. The van der Waals surface area contributed by atoms with Gasteiger partial charge in [0.25, 0.3) is 0 Å². The minimum absolute atomic E-state index is 0.121. The van der Waals surface area contributed by atoms with E-state index in [9.17, 15) is 9.90 Å². The Morgan fingerprint density at radius 2 is 1.80 bits per heavy atom. The Bertz CT molecular complexity index is 480. The highest BCUT2D eigenvalue weighted by Crippen LogP contribution is 2.52. The van der Waals surface area contributed by atoms with E-state index in [-0.39, 0.29) is 17.8 Å². The summed E-state index contributed by atoms with van der Waals surface area (Å²) in [4.78, 5) is 12.2. The predicted molar refractivity (Wildman–Crippen MR) is 81.9 cm³/mol. The van der Waals surface area contributed by atoms with Gasteiger partial charge >= 0.3 is 5.97 Å². The molecule has 1 unspecified atom stereocenters. The molecule has 2 nitrogen and oxygen atoms in total. The number of aliphatic carboxylic acids is 1. The van der Waals surface area contributed by atoms with E-state index in [1.54, 1.807) is 0 Å². The van der Waals surface area contributed by atoms with Crippen molar-refractivity contribution in [2.24, 2.45) is 17.3 Å². The molecule has 0 aliphatic heterocycles. The van der Waals surface area contributed by atoms with E-state index >= 15 is 0 Å². The first-order valence-electron chi connectivity index (χ1n) is 7.73. The summed E-state index contributed by atoms with van der Waals surface area (Å²) in [5.41, 5.74) is 1.94. The van der Waals surface area contributed by atoms with Crippen molar-refractivity contribution in [1.82, 2.24) is 0 Å². The van der Waals surface area contributed by atoms with Crippen molar-refractivity contribution in [3.05, 3.63) is 35.4 Å². The molecule has 0 fully saturated rings. The summed E-state index contributed by atoms with van der Waals surface area (Å²) in [7, 11) is 0. The second-order valence-corrected chi connectivity index (χ2v) is 6.69. The minimum Gasteiger partial charge on any atom is -0.481 e. The van der Waals surface area contributed by atoms with Crippen molar-refractivity contribution >= 4 is 5.97 Å². The van der Waals surface area contributed by atoms with Gasteiger partial charge < -0.3 is 5.11 Å². The summed E-state index contributed by atoms with van der Waals surface area (Å²) in [5.74, 6) is -0.263. The third-order valence-electron chi connectivity index (χ3n) is 5.23. The summed E-state index contributed by atoms with van der Waals surface area (Å²) in [6, 6.07) is 8.41. The van der Waals surface area contributed by atoms with Crippen LogP contribution >= 0.6 is 0 Å². The van der Waals surface area contributed by atoms with Crippen LogP contribution in [0.4, 0.5) is 0 Å². The Labute approximate surface area is 122 Å². The molecule has 0 amide bonds. The number of hydrogen-bond acceptors (Lipinski definition) is 1. The fourth-order valence-electron chi connectivity index (χ4n) is 4.36. The normalized spacial score (nSPS) is 19.2. The van der Waals surface area contributed by atoms with E-state index in [1.165, 1.54) is 11.1 Å². The Balaban J connectivity index is 2.59. The van der Waals surface area contributed by atoms with E-state index in [2.05, 4.69) is 45.9 Å². The van der Waals surface area contributed by atoms with Crippen LogP contribution in [-0.2, 0) is 11.2 Å². The van der Waals surface area contributed by atoms with Crippen LogP contribution in [0.3, 0.4) is 0 Å². The number of hydrogen-bond donors (Lipinski definition) is 1. The molecule has 1 N–H and O–H groups in total. The topological polar surface area (TPSA) is 37.3 Å². The SMILES string of the molecule is CC(C)C(C(=O)O)(C(C)C)C1CCCc2ccccc21. The Kier molecular flexibility index (Phi) is 4.22. The van der Waals surface area contributed by atoms with Crippen molar-refractivity contribution < 1.29 is 9.90 Å². The third-order valence-corrected chi connectivity index (χ3v) is 5.23. The maximum absolute atomic E-state index is 12.2. The highest BCUT2D eigenvalue weighted by Gasteiger charge is 2.52. The summed E-state index contributed by atoms with van der Waals surface area (Å²) in [6.07, 6.45) is 3.16. The molecule has 0 saturated carbocycles. The lowest BCUT2D eigenvalue weighted by Gasteiger charge is -2.46. The van der Waals surface area contributed by atoms with Gasteiger partial charge in [0, 0.05) is 5.92 Å². The van der Waals surface area contributed by atoms with Crippen molar-refractivity contribution in [3.8, 4) is 0 Å². The maximum atomic E-state index is 12.2. The fourth-order valence-corrected chi connectivity index (χ4v) is 4.36. The molecule has 1 aliphatic rings. The highest BCUT2D eigenvalue weighted by atomic mass is 16.4. The van der Waals surface area contributed by atoms with Gasteiger partial charge in [-0.2, -0.15) is 0 Å². The second kappa shape index (κ2) is 5.59. The predicted octanol–water partition coefficient (Wildman–Crippen LogP) is 4.49. The molecule has 0 heterocycles. The first-order valence-corrected chi connectivity index (χ1v) is 7.73. The Hall–Kier alpha value is -1.31. The Morgan fingerprint density at radius 1 is 1.20 bits per heavy atom. The first kappa shape index (κ1) is 15.1. The lowest BCUT2D eigenvalue weighted by molar-refractivity contribution is -0.158. The van der Waals surface area contributed by atoms with Gasteiger partial charge in [-0.15, -0.1) is 0 Å². The summed E-state index contributed by atoms with van der Waals surface area (Å²) >= 11 is 0. The largest absolute Gasteiger partial charge is 0.481 e. The van der Waals surface area contributed by atoms with Gasteiger partial charge in [0.1, 0.15) is 0 Å². The van der Waals surface area contributed by atoms with Gasteiger partial charge in [-0.25, -0.2) is 0 Å². The minimum atomic E-state index is -0.670. The van der Waals surface area contributed by atoms with Crippen molar-refractivity contribution in [2.45, 2.75) is 52.9 Å². The molecule has 0 radical (unpaired) electrons. The van der Waals surface area contributed by atoms with Crippen molar-refractivity contribution in [3.63, 3.8) is 0 Å². The van der Waals surface area contributed by atoms with Crippen LogP contribution in [0.25, 0.3) is 0 Å². The monoisotopic (exact) mass is 274 g/mol. The zero-order chi connectivity index (χ0) is 14.9. The number of carbonyl (C=O) groups is 1. The second-order valence-electron chi connectivity index (χ2n) is 6.69. The third kappa shape index (κ3) is 2.15. The zero-order valence-electron chi connectivity index (χ0n) is 13.0. The summed E-state index contributed by atoms with van der Waals surface area (Å²) < 4.78 is 0. The number of fused-ring (bicyclic) bond motifs is 1. The molecule has 0 bridgehead atoms. The zero-order valence-corrected chi connectivity index (χ0v) is 13.0. The number of aryl methyl sites for hydroxylation is 1. The van der Waals surface area contributed by atoms with Crippen LogP contribution in [0.5, 0.6) is 0 Å². The maximum Gasteiger partial charge on any atom is 0.310 e. The quantitative estimate of drug-likeness (QED) is 0.878. The smallest absolute Gasteiger partial charge is 0.310 e. The standard InChI is InChI=1S/C18H26O2/c1-12(2)18(13(3)4,17(19)20)16-11-7-9-14-8-5-6-10-15(14)16/h5-6,8,10,12-13,16H,7,9,11H2,1-4H3,(H,19,20). The molecule has 1 aromatic carbocycles. The van der Waals surface area contributed by atoms with Crippen molar-refractivity contribution in [2.75, 3.05) is 0 Å². The van der Waals surface area contributed by atoms with Gasteiger partial charge in [-0.05, 0) is 42.2 Å². The first-order chi connectivity index (χ1) is 9.42. The van der Waals surface area contributed by atoms with Crippen LogP contribution in [0.2, 0.25) is 0 Å². The van der Waals surface area contributed by atoms with E-state index < -0.39 is 11.4 Å². The number of carboxylic acids is 1. The van der Waals surface area contributed by atoms with Gasteiger partial charge in [0.2, 0.25) is 0 Å². The highest BCUT2D eigenvalue weighted by molar-refractivity contribution is 5.77. The average molecular weight is 274 g/mol. The molecule has 110 valence electrons. The lowest BCUT2D eigenvalue weighted by Crippen LogP contribution is -2.47. The average Bonchev–Trinajstić information content (AvgIpc) is 2.38. The molecule has 1 aliphatic carbocycles. The number of carboxylic acid groups (broad SMARTS) is 1. The van der Waals surface area contributed by atoms with Gasteiger partial charge in [0.05, 0.1) is 5.41 Å². The fraction of sp³-hybridized carbons (Fsp3) is 0.611. The van der Waals surface area contributed by atoms with Crippen molar-refractivity contribution in [1.29, 1.82) is 0 Å². The van der Waals surface area contributed by atoms with Crippen LogP contribution < -0.4 is 0 Å². The van der Waals surface area contributed by atoms with Crippen LogP contribution in [-0.4, -0.2) is 11.1 Å². The van der Waals surface area contributed by atoms with E-state index in [0.29, 0.717) is 0 Å². The van der Waals surface area contributed by atoms with Crippen LogP contribution in [0, 0.1) is 17.3 Å². The van der Waals surface area contributed by atoms with E-state index in [4.69, 9.17) is 0 Å². The van der Waals surface area contributed by atoms with Crippen LogP contribution in [0.15, 0.2) is 24.3 Å². The molecular formula is C18H26O2. The van der Waals surface area contributed by atoms with E-state index in [1.807, 2.05) is 6.07 Å². The molecular weight excluding hydrogens is 248 g/mol. The summed E-state index contributed by atoms with van der Waals surface area (Å²) in [6.45, 7) is 8.24. The van der Waals surface area contributed by atoms with Gasteiger partial charge in [-0.3, -0.25) is 4.79 Å². The lowest BCUT2D eigenvalue weighted by atomic mass is 9.56.